The zero-order valence-corrected chi connectivity index (χ0v) is 21.2. The molecular weight excluding hydrogens is 454 g/mol. The van der Waals surface area contributed by atoms with Gasteiger partial charge in [0.25, 0.3) is 5.91 Å². The summed E-state index contributed by atoms with van der Waals surface area (Å²) >= 11 is 1.33. The van der Waals surface area contributed by atoms with Crippen LogP contribution in [0.3, 0.4) is 0 Å². The van der Waals surface area contributed by atoms with Crippen LogP contribution in [0.25, 0.3) is 17.1 Å². The fraction of sp³-hybridized carbons (Fsp3) is 0.214. The molecule has 178 valence electrons. The third kappa shape index (κ3) is 6.25. The Labute approximate surface area is 210 Å². The second-order valence-corrected chi connectivity index (χ2v) is 10.2. The number of hydrazone groups is 1. The molecule has 1 N–H and O–H groups in total. The number of amides is 1. The maximum Gasteiger partial charge on any atom is 0.250 e. The van der Waals surface area contributed by atoms with Crippen molar-refractivity contribution < 1.29 is 4.79 Å². The summed E-state index contributed by atoms with van der Waals surface area (Å²) in [4.78, 5) is 12.4. The van der Waals surface area contributed by atoms with Gasteiger partial charge in [0.05, 0.1) is 12.0 Å². The van der Waals surface area contributed by atoms with Gasteiger partial charge in [0.15, 0.2) is 11.0 Å². The van der Waals surface area contributed by atoms with Crippen molar-refractivity contribution in [2.45, 2.75) is 38.3 Å². The van der Waals surface area contributed by atoms with Gasteiger partial charge in [-0.1, -0.05) is 105 Å². The van der Waals surface area contributed by atoms with Crippen LogP contribution in [0.1, 0.15) is 37.5 Å². The van der Waals surface area contributed by atoms with Crippen molar-refractivity contribution in [2.24, 2.45) is 5.10 Å². The second-order valence-electron chi connectivity index (χ2n) is 9.30. The molecule has 0 aliphatic carbocycles. The van der Waals surface area contributed by atoms with Gasteiger partial charge in [0, 0.05) is 11.3 Å². The molecule has 0 bridgehead atoms. The van der Waals surface area contributed by atoms with E-state index in [2.05, 4.69) is 84.8 Å². The van der Waals surface area contributed by atoms with Crippen LogP contribution in [0.15, 0.2) is 89.1 Å². The van der Waals surface area contributed by atoms with Crippen LogP contribution < -0.4 is 5.43 Å². The number of rotatable bonds is 7. The number of carbonyl (C=O) groups excluding carboxylic acids is 1. The van der Waals surface area contributed by atoms with Crippen molar-refractivity contribution >= 4 is 23.9 Å². The van der Waals surface area contributed by atoms with Crippen LogP contribution in [-0.2, 0) is 10.2 Å². The Bertz CT molecular complexity index is 1300. The van der Waals surface area contributed by atoms with Gasteiger partial charge in [-0.15, -0.1) is 10.2 Å². The molecule has 0 aliphatic rings. The number of hydrogen-bond acceptors (Lipinski definition) is 5. The zero-order chi connectivity index (χ0) is 24.8. The largest absolute Gasteiger partial charge is 0.272 e. The van der Waals surface area contributed by atoms with E-state index in [9.17, 15) is 4.79 Å². The third-order valence-electron chi connectivity index (χ3n) is 5.47. The van der Waals surface area contributed by atoms with E-state index in [0.717, 1.165) is 22.6 Å². The Hall–Kier alpha value is -3.71. The molecular formula is C28H29N5OS. The van der Waals surface area contributed by atoms with E-state index in [-0.39, 0.29) is 17.1 Å². The SMILES string of the molecule is Cc1ccc(-n2c(SCC(=O)NN=Cc3ccccc3)nnc2-c2ccc(C(C)(C)C)cc2)cc1. The standard InChI is InChI=1S/C28H29N5OS/c1-20-10-16-24(17-11-20)33-26(22-12-14-23(15-13-22)28(2,3)4)31-32-27(33)35-19-25(34)30-29-18-21-8-6-5-7-9-21/h5-18H,19H2,1-4H3,(H,30,34). The number of thioether (sulfide) groups is 1. The minimum Gasteiger partial charge on any atom is -0.272 e. The van der Waals surface area contributed by atoms with Gasteiger partial charge in [-0.05, 0) is 35.6 Å². The molecule has 1 heterocycles. The Morgan fingerprint density at radius 3 is 2.31 bits per heavy atom. The first kappa shape index (κ1) is 24.4. The Morgan fingerprint density at radius 2 is 1.66 bits per heavy atom. The highest BCUT2D eigenvalue weighted by Gasteiger charge is 2.19. The predicted molar refractivity (Wildman–Crippen MR) is 143 cm³/mol. The van der Waals surface area contributed by atoms with Crippen LogP contribution in [-0.4, -0.2) is 32.6 Å². The first-order valence-corrected chi connectivity index (χ1v) is 12.4. The van der Waals surface area contributed by atoms with Gasteiger partial charge in [0.1, 0.15) is 0 Å². The van der Waals surface area contributed by atoms with Gasteiger partial charge < -0.3 is 0 Å². The molecule has 0 spiro atoms. The van der Waals surface area contributed by atoms with Crippen LogP contribution in [0.2, 0.25) is 0 Å². The lowest BCUT2D eigenvalue weighted by molar-refractivity contribution is -0.118. The van der Waals surface area contributed by atoms with Crippen molar-refractivity contribution in [2.75, 3.05) is 5.75 Å². The van der Waals surface area contributed by atoms with E-state index in [1.54, 1.807) is 6.21 Å². The van der Waals surface area contributed by atoms with Crippen molar-refractivity contribution in [1.29, 1.82) is 0 Å². The highest BCUT2D eigenvalue weighted by Crippen LogP contribution is 2.30. The quantitative estimate of drug-likeness (QED) is 0.205. The summed E-state index contributed by atoms with van der Waals surface area (Å²) in [6, 6.07) is 26.2. The minimum absolute atomic E-state index is 0.0700. The fourth-order valence-corrected chi connectivity index (χ4v) is 4.22. The van der Waals surface area contributed by atoms with Crippen LogP contribution in [0.4, 0.5) is 0 Å². The summed E-state index contributed by atoms with van der Waals surface area (Å²) in [5, 5.41) is 13.6. The first-order chi connectivity index (χ1) is 16.8. The number of nitrogens with zero attached hydrogens (tertiary/aromatic N) is 4. The van der Waals surface area contributed by atoms with Crippen LogP contribution in [0, 0.1) is 6.92 Å². The van der Waals surface area contributed by atoms with E-state index >= 15 is 0 Å². The highest BCUT2D eigenvalue weighted by molar-refractivity contribution is 7.99. The van der Waals surface area contributed by atoms with Gasteiger partial charge in [-0.25, -0.2) is 5.43 Å². The molecule has 0 unspecified atom stereocenters. The van der Waals surface area contributed by atoms with E-state index in [0.29, 0.717) is 5.16 Å². The molecule has 4 aromatic rings. The molecule has 3 aromatic carbocycles. The van der Waals surface area contributed by atoms with Crippen molar-refractivity contribution in [1.82, 2.24) is 20.2 Å². The van der Waals surface area contributed by atoms with Gasteiger partial charge in [-0.2, -0.15) is 5.10 Å². The Balaban J connectivity index is 1.55. The molecule has 4 rings (SSSR count). The maximum absolute atomic E-state index is 12.4. The fourth-order valence-electron chi connectivity index (χ4n) is 3.48. The Kier molecular flexibility index (Phi) is 7.46. The molecule has 0 fully saturated rings. The van der Waals surface area contributed by atoms with Gasteiger partial charge in [0.2, 0.25) is 0 Å². The number of nitrogens with one attached hydrogen (secondary N) is 1. The summed E-state index contributed by atoms with van der Waals surface area (Å²) in [6.07, 6.45) is 1.62. The number of aromatic nitrogens is 3. The predicted octanol–water partition coefficient (Wildman–Crippen LogP) is 5.78. The summed E-state index contributed by atoms with van der Waals surface area (Å²) in [7, 11) is 0. The topological polar surface area (TPSA) is 72.2 Å². The van der Waals surface area contributed by atoms with Gasteiger partial charge >= 0.3 is 0 Å². The van der Waals surface area contributed by atoms with E-state index in [1.807, 2.05) is 47.0 Å². The van der Waals surface area contributed by atoms with Crippen molar-refractivity contribution in [3.63, 3.8) is 0 Å². The number of benzene rings is 3. The average Bonchev–Trinajstić information content (AvgIpc) is 3.27. The van der Waals surface area contributed by atoms with E-state index in [1.165, 1.54) is 22.9 Å². The molecule has 6 nitrogen and oxygen atoms in total. The lowest BCUT2D eigenvalue weighted by atomic mass is 9.87. The minimum atomic E-state index is -0.211. The molecule has 1 amide bonds. The van der Waals surface area contributed by atoms with Crippen molar-refractivity contribution in [3.05, 3.63) is 95.6 Å². The lowest BCUT2D eigenvalue weighted by Crippen LogP contribution is -2.20. The van der Waals surface area contributed by atoms with Crippen molar-refractivity contribution in [3.8, 4) is 17.1 Å². The molecule has 0 atom stereocenters. The maximum atomic E-state index is 12.4. The first-order valence-electron chi connectivity index (χ1n) is 11.4. The third-order valence-corrected chi connectivity index (χ3v) is 6.40. The second kappa shape index (κ2) is 10.7. The number of carbonyl (C=O) groups is 1. The summed E-state index contributed by atoms with van der Waals surface area (Å²) < 4.78 is 2.00. The number of hydrogen-bond donors (Lipinski definition) is 1. The molecule has 35 heavy (non-hydrogen) atoms. The Morgan fingerprint density at radius 1 is 0.971 bits per heavy atom. The van der Waals surface area contributed by atoms with Crippen LogP contribution in [0.5, 0.6) is 0 Å². The summed E-state index contributed by atoms with van der Waals surface area (Å²) in [5.74, 6) is 0.690. The number of aryl methyl sites for hydroxylation is 1. The normalized spacial score (nSPS) is 11.7. The van der Waals surface area contributed by atoms with E-state index in [4.69, 9.17) is 0 Å². The summed E-state index contributed by atoms with van der Waals surface area (Å²) in [5.41, 5.74) is 7.90. The summed E-state index contributed by atoms with van der Waals surface area (Å²) in [6.45, 7) is 8.64. The molecule has 0 radical (unpaired) electrons. The molecule has 1 aromatic heterocycles. The molecule has 0 saturated heterocycles. The molecule has 0 saturated carbocycles. The zero-order valence-electron chi connectivity index (χ0n) is 20.4. The smallest absolute Gasteiger partial charge is 0.250 e. The van der Waals surface area contributed by atoms with E-state index < -0.39 is 0 Å². The molecule has 7 heteroatoms. The average molecular weight is 484 g/mol. The highest BCUT2D eigenvalue weighted by atomic mass is 32.2. The van der Waals surface area contributed by atoms with Gasteiger partial charge in [-0.3, -0.25) is 9.36 Å². The lowest BCUT2D eigenvalue weighted by Gasteiger charge is -2.19. The monoisotopic (exact) mass is 483 g/mol. The molecule has 0 aliphatic heterocycles. The van der Waals surface area contributed by atoms with Crippen LogP contribution >= 0.6 is 11.8 Å².